The molecule has 0 aliphatic carbocycles. The van der Waals surface area contributed by atoms with Gasteiger partial charge in [0.2, 0.25) is 0 Å². The molecular weight excluding hydrogens is 288 g/mol. The highest BCUT2D eigenvalue weighted by molar-refractivity contribution is 6.04. The highest BCUT2D eigenvalue weighted by atomic mass is 16.1. The number of carbonyl (C=O) groups is 1. The van der Waals surface area contributed by atoms with Gasteiger partial charge in [-0.3, -0.25) is 9.48 Å². The Kier molecular flexibility index (Phi) is 4.16. The van der Waals surface area contributed by atoms with E-state index in [2.05, 4.69) is 10.4 Å². The summed E-state index contributed by atoms with van der Waals surface area (Å²) in [6.45, 7) is 0.666. The van der Waals surface area contributed by atoms with E-state index in [9.17, 15) is 4.79 Å². The average Bonchev–Trinajstić information content (AvgIpc) is 3.08. The Hall–Kier alpha value is -3.39. The summed E-state index contributed by atoms with van der Waals surface area (Å²) in [5.74, 6) is -0.203. The third kappa shape index (κ3) is 3.63. The molecule has 3 aromatic rings. The Morgan fingerprint density at radius 3 is 2.70 bits per heavy atom. The zero-order valence-corrected chi connectivity index (χ0v) is 12.3. The lowest BCUT2D eigenvalue weighted by Gasteiger charge is -2.07. The molecule has 1 N–H and O–H groups in total. The lowest BCUT2D eigenvalue weighted by atomic mass is 10.1. The van der Waals surface area contributed by atoms with Gasteiger partial charge < -0.3 is 5.32 Å². The largest absolute Gasteiger partial charge is 0.322 e. The molecule has 1 heterocycles. The minimum atomic E-state index is -0.203. The van der Waals surface area contributed by atoms with Gasteiger partial charge in [0.05, 0.1) is 18.2 Å². The van der Waals surface area contributed by atoms with Gasteiger partial charge in [-0.1, -0.05) is 18.2 Å². The van der Waals surface area contributed by atoms with Crippen molar-refractivity contribution in [3.63, 3.8) is 0 Å². The van der Waals surface area contributed by atoms with Crippen molar-refractivity contribution in [2.75, 3.05) is 5.32 Å². The third-order valence-electron chi connectivity index (χ3n) is 3.37. The third-order valence-corrected chi connectivity index (χ3v) is 3.37. The number of hydrogen-bond donors (Lipinski definition) is 1. The molecule has 1 aromatic heterocycles. The van der Waals surface area contributed by atoms with Crippen LogP contribution in [-0.2, 0) is 6.54 Å². The van der Waals surface area contributed by atoms with Crippen LogP contribution in [0.3, 0.4) is 0 Å². The van der Waals surface area contributed by atoms with Crippen LogP contribution in [0.25, 0.3) is 0 Å². The number of nitriles is 1. The summed E-state index contributed by atoms with van der Waals surface area (Å²) in [5, 5.41) is 15.8. The maximum absolute atomic E-state index is 12.2. The van der Waals surface area contributed by atoms with Crippen molar-refractivity contribution in [2.24, 2.45) is 0 Å². The van der Waals surface area contributed by atoms with Crippen LogP contribution in [-0.4, -0.2) is 15.7 Å². The molecule has 0 bridgehead atoms. The van der Waals surface area contributed by atoms with Crippen molar-refractivity contribution in [1.82, 2.24) is 9.78 Å². The Morgan fingerprint density at radius 1 is 1.17 bits per heavy atom. The number of carbonyl (C=O) groups excluding carboxylic acids is 1. The van der Waals surface area contributed by atoms with Gasteiger partial charge in [0.25, 0.3) is 5.91 Å². The molecule has 0 aliphatic rings. The van der Waals surface area contributed by atoms with Crippen molar-refractivity contribution in [1.29, 1.82) is 5.26 Å². The summed E-state index contributed by atoms with van der Waals surface area (Å²) in [7, 11) is 0. The molecule has 112 valence electrons. The van der Waals surface area contributed by atoms with Gasteiger partial charge in [0, 0.05) is 23.6 Å². The van der Waals surface area contributed by atoms with Gasteiger partial charge in [0.1, 0.15) is 0 Å². The van der Waals surface area contributed by atoms with E-state index in [4.69, 9.17) is 5.26 Å². The number of amides is 1. The molecule has 0 aliphatic heterocycles. The molecule has 3 rings (SSSR count). The van der Waals surface area contributed by atoms with Crippen LogP contribution in [0.4, 0.5) is 5.69 Å². The summed E-state index contributed by atoms with van der Waals surface area (Å²) in [4.78, 5) is 12.2. The summed E-state index contributed by atoms with van der Waals surface area (Å²) in [6.07, 6.45) is 3.62. The first-order valence-electron chi connectivity index (χ1n) is 7.12. The first kappa shape index (κ1) is 14.5. The minimum absolute atomic E-state index is 0.203. The van der Waals surface area contributed by atoms with Gasteiger partial charge in [-0.25, -0.2) is 0 Å². The van der Waals surface area contributed by atoms with Crippen LogP contribution in [0.2, 0.25) is 0 Å². The molecular formula is C18H14N4O. The normalized spacial score (nSPS) is 10.0. The molecule has 0 spiro atoms. The number of nitrogens with zero attached hydrogens (tertiary/aromatic N) is 3. The fourth-order valence-corrected chi connectivity index (χ4v) is 2.21. The monoisotopic (exact) mass is 302 g/mol. The molecule has 0 saturated carbocycles. The summed E-state index contributed by atoms with van der Waals surface area (Å²) in [5.41, 5.74) is 2.75. The van der Waals surface area contributed by atoms with E-state index >= 15 is 0 Å². The van der Waals surface area contributed by atoms with Crippen LogP contribution in [0.1, 0.15) is 21.5 Å². The van der Waals surface area contributed by atoms with Gasteiger partial charge >= 0.3 is 0 Å². The number of nitrogens with one attached hydrogen (secondary N) is 1. The number of rotatable bonds is 4. The number of anilines is 1. The van der Waals surface area contributed by atoms with Crippen molar-refractivity contribution in [2.45, 2.75) is 6.54 Å². The quantitative estimate of drug-likeness (QED) is 0.805. The second kappa shape index (κ2) is 6.58. The Bertz CT molecular complexity index is 845. The maximum Gasteiger partial charge on any atom is 0.255 e. The molecule has 1 amide bonds. The van der Waals surface area contributed by atoms with Crippen LogP contribution in [0.15, 0.2) is 67.0 Å². The van der Waals surface area contributed by atoms with Gasteiger partial charge in [-0.05, 0) is 42.0 Å². The zero-order valence-electron chi connectivity index (χ0n) is 12.3. The second-order valence-corrected chi connectivity index (χ2v) is 5.05. The molecule has 5 nitrogen and oxygen atoms in total. The summed E-state index contributed by atoms with van der Waals surface area (Å²) in [6, 6.07) is 18.1. The lowest BCUT2D eigenvalue weighted by molar-refractivity contribution is 0.102. The second-order valence-electron chi connectivity index (χ2n) is 5.05. The molecule has 0 unspecified atom stereocenters. The number of hydrogen-bond acceptors (Lipinski definition) is 3. The standard InChI is InChI=1S/C18H14N4O/c19-12-15-3-1-4-17(11-15)21-18(23)16-7-5-14(6-8-16)13-22-10-2-9-20-22/h1-11H,13H2,(H,21,23). The molecule has 0 radical (unpaired) electrons. The number of aromatic nitrogens is 2. The fourth-order valence-electron chi connectivity index (χ4n) is 2.21. The van der Waals surface area contributed by atoms with E-state index in [1.165, 1.54) is 0 Å². The van der Waals surface area contributed by atoms with Crippen LogP contribution < -0.4 is 5.32 Å². The van der Waals surface area contributed by atoms with Crippen molar-refractivity contribution in [3.05, 3.63) is 83.7 Å². The molecule has 0 fully saturated rings. The molecule has 0 saturated heterocycles. The van der Waals surface area contributed by atoms with Crippen LogP contribution >= 0.6 is 0 Å². The van der Waals surface area contributed by atoms with E-state index in [1.807, 2.05) is 35.1 Å². The maximum atomic E-state index is 12.2. The summed E-state index contributed by atoms with van der Waals surface area (Å²) < 4.78 is 1.82. The van der Waals surface area contributed by atoms with Crippen molar-refractivity contribution in [3.8, 4) is 6.07 Å². The molecule has 0 atom stereocenters. The Labute approximate surface area is 133 Å². The van der Waals surface area contributed by atoms with Crippen LogP contribution in [0.5, 0.6) is 0 Å². The Balaban J connectivity index is 1.69. The van der Waals surface area contributed by atoms with Crippen LogP contribution in [0, 0.1) is 11.3 Å². The highest BCUT2D eigenvalue weighted by Crippen LogP contribution is 2.12. The van der Waals surface area contributed by atoms with Crippen molar-refractivity contribution >= 4 is 11.6 Å². The van der Waals surface area contributed by atoms with E-state index in [-0.39, 0.29) is 5.91 Å². The van der Waals surface area contributed by atoms with Crippen molar-refractivity contribution < 1.29 is 4.79 Å². The first-order valence-corrected chi connectivity index (χ1v) is 7.12. The lowest BCUT2D eigenvalue weighted by Crippen LogP contribution is -2.12. The zero-order chi connectivity index (χ0) is 16.1. The Morgan fingerprint density at radius 2 is 2.00 bits per heavy atom. The average molecular weight is 302 g/mol. The van der Waals surface area contributed by atoms with Gasteiger partial charge in [-0.15, -0.1) is 0 Å². The smallest absolute Gasteiger partial charge is 0.255 e. The van der Waals surface area contributed by atoms with E-state index in [1.54, 1.807) is 42.6 Å². The van der Waals surface area contributed by atoms with E-state index in [0.717, 1.165) is 5.56 Å². The topological polar surface area (TPSA) is 70.7 Å². The van der Waals surface area contributed by atoms with E-state index in [0.29, 0.717) is 23.4 Å². The minimum Gasteiger partial charge on any atom is -0.322 e. The van der Waals surface area contributed by atoms with Gasteiger partial charge in [0.15, 0.2) is 0 Å². The fraction of sp³-hybridized carbons (Fsp3) is 0.0556. The SMILES string of the molecule is N#Cc1cccc(NC(=O)c2ccc(Cn3cccn3)cc2)c1. The molecule has 2 aromatic carbocycles. The molecule has 23 heavy (non-hydrogen) atoms. The predicted molar refractivity (Wildman–Crippen MR) is 86.9 cm³/mol. The first-order chi connectivity index (χ1) is 11.2. The summed E-state index contributed by atoms with van der Waals surface area (Å²) >= 11 is 0. The number of benzene rings is 2. The highest BCUT2D eigenvalue weighted by Gasteiger charge is 2.06. The van der Waals surface area contributed by atoms with Gasteiger partial charge in [-0.2, -0.15) is 10.4 Å². The predicted octanol–water partition coefficient (Wildman–Crippen LogP) is 3.06. The van der Waals surface area contributed by atoms with E-state index < -0.39 is 0 Å². The molecule has 5 heteroatoms.